The van der Waals surface area contributed by atoms with E-state index >= 15 is 0 Å². The van der Waals surface area contributed by atoms with Crippen LogP contribution in [0.5, 0.6) is 0 Å². The molecule has 1 rings (SSSR count). The molecule has 1 aromatic rings. The zero-order valence-electron chi connectivity index (χ0n) is 9.17. The average Bonchev–Trinajstić information content (AvgIpc) is 2.10. The van der Waals surface area contributed by atoms with Crippen molar-refractivity contribution in [2.75, 3.05) is 26.0 Å². The molecular formula is C11H15ClN2O. The summed E-state index contributed by atoms with van der Waals surface area (Å²) in [6.07, 6.45) is 0. The van der Waals surface area contributed by atoms with Gasteiger partial charge in [0.25, 0.3) is 0 Å². The number of rotatable bonds is 3. The van der Waals surface area contributed by atoms with E-state index in [1.165, 1.54) is 0 Å². The first-order valence-electron chi connectivity index (χ1n) is 4.70. The minimum atomic E-state index is -0.0417. The monoisotopic (exact) mass is 226 g/mol. The highest BCUT2D eigenvalue weighted by molar-refractivity contribution is 6.31. The third-order valence-corrected chi connectivity index (χ3v) is 2.32. The van der Waals surface area contributed by atoms with E-state index in [2.05, 4.69) is 5.32 Å². The van der Waals surface area contributed by atoms with Crippen molar-refractivity contribution < 1.29 is 4.79 Å². The van der Waals surface area contributed by atoms with Crippen molar-refractivity contribution >= 4 is 23.2 Å². The zero-order chi connectivity index (χ0) is 11.4. The maximum absolute atomic E-state index is 11.4. The fourth-order valence-corrected chi connectivity index (χ4v) is 1.34. The maximum atomic E-state index is 11.4. The summed E-state index contributed by atoms with van der Waals surface area (Å²) < 4.78 is 0. The smallest absolute Gasteiger partial charge is 0.238 e. The Bertz CT molecular complexity index is 364. The summed E-state index contributed by atoms with van der Waals surface area (Å²) in [5.74, 6) is -0.0417. The fraction of sp³-hybridized carbons (Fsp3) is 0.364. The number of benzene rings is 1. The van der Waals surface area contributed by atoms with Crippen LogP contribution in [0.4, 0.5) is 5.69 Å². The standard InChI is InChI=1S/C11H15ClN2O/c1-8-4-5-9(6-10(8)12)13-11(15)7-14(2)3/h4-6H,7H2,1-3H3,(H,13,15). The normalized spacial score (nSPS) is 10.5. The van der Waals surface area contributed by atoms with E-state index in [1.54, 1.807) is 6.07 Å². The highest BCUT2D eigenvalue weighted by atomic mass is 35.5. The molecule has 82 valence electrons. The number of carbonyl (C=O) groups is 1. The van der Waals surface area contributed by atoms with E-state index in [0.717, 1.165) is 11.3 Å². The van der Waals surface area contributed by atoms with Gasteiger partial charge in [-0.25, -0.2) is 0 Å². The number of amides is 1. The summed E-state index contributed by atoms with van der Waals surface area (Å²) in [7, 11) is 3.70. The van der Waals surface area contributed by atoms with E-state index in [4.69, 9.17) is 11.6 Å². The van der Waals surface area contributed by atoms with Crippen LogP contribution >= 0.6 is 11.6 Å². The number of hydrogen-bond donors (Lipinski definition) is 1. The molecular weight excluding hydrogens is 212 g/mol. The number of likely N-dealkylation sites (N-methyl/N-ethyl adjacent to an activating group) is 1. The second-order valence-electron chi connectivity index (χ2n) is 3.75. The van der Waals surface area contributed by atoms with Gasteiger partial charge in [-0.15, -0.1) is 0 Å². The third-order valence-electron chi connectivity index (χ3n) is 1.92. The van der Waals surface area contributed by atoms with Gasteiger partial charge in [-0.05, 0) is 38.7 Å². The number of halogens is 1. The largest absolute Gasteiger partial charge is 0.325 e. The number of carbonyl (C=O) groups excluding carboxylic acids is 1. The Morgan fingerprint density at radius 3 is 2.67 bits per heavy atom. The molecule has 4 heteroatoms. The van der Waals surface area contributed by atoms with E-state index in [9.17, 15) is 4.79 Å². The summed E-state index contributed by atoms with van der Waals surface area (Å²) in [5.41, 5.74) is 1.74. The highest BCUT2D eigenvalue weighted by Crippen LogP contribution is 2.19. The topological polar surface area (TPSA) is 32.3 Å². The molecule has 0 bridgehead atoms. The van der Waals surface area contributed by atoms with Crippen molar-refractivity contribution in [2.24, 2.45) is 0 Å². The zero-order valence-corrected chi connectivity index (χ0v) is 9.93. The van der Waals surface area contributed by atoms with Crippen molar-refractivity contribution in [3.63, 3.8) is 0 Å². The number of hydrogen-bond acceptors (Lipinski definition) is 2. The number of aryl methyl sites for hydroxylation is 1. The Hall–Kier alpha value is -1.06. The average molecular weight is 227 g/mol. The lowest BCUT2D eigenvalue weighted by molar-refractivity contribution is -0.116. The number of nitrogens with zero attached hydrogens (tertiary/aromatic N) is 1. The van der Waals surface area contributed by atoms with Crippen LogP contribution in [0.25, 0.3) is 0 Å². The maximum Gasteiger partial charge on any atom is 0.238 e. The summed E-state index contributed by atoms with van der Waals surface area (Å²) >= 11 is 5.94. The van der Waals surface area contributed by atoms with Crippen molar-refractivity contribution in [2.45, 2.75) is 6.92 Å². The van der Waals surface area contributed by atoms with Gasteiger partial charge in [0.05, 0.1) is 6.54 Å². The van der Waals surface area contributed by atoms with Gasteiger partial charge in [0.2, 0.25) is 5.91 Å². The van der Waals surface area contributed by atoms with Gasteiger partial charge in [-0.1, -0.05) is 17.7 Å². The molecule has 0 aliphatic rings. The number of nitrogens with one attached hydrogen (secondary N) is 1. The van der Waals surface area contributed by atoms with Gasteiger partial charge < -0.3 is 10.2 Å². The van der Waals surface area contributed by atoms with Gasteiger partial charge in [0.15, 0.2) is 0 Å². The predicted octanol–water partition coefficient (Wildman–Crippen LogP) is 2.15. The molecule has 0 aliphatic heterocycles. The molecule has 0 saturated heterocycles. The Balaban J connectivity index is 2.65. The fourth-order valence-electron chi connectivity index (χ4n) is 1.16. The molecule has 0 unspecified atom stereocenters. The summed E-state index contributed by atoms with van der Waals surface area (Å²) in [6, 6.07) is 5.48. The molecule has 1 amide bonds. The molecule has 0 heterocycles. The Morgan fingerprint density at radius 2 is 2.13 bits per heavy atom. The summed E-state index contributed by atoms with van der Waals surface area (Å²) in [4.78, 5) is 13.2. The van der Waals surface area contributed by atoms with Crippen LogP contribution in [0.15, 0.2) is 18.2 Å². The molecule has 0 saturated carbocycles. The van der Waals surface area contributed by atoms with E-state index in [1.807, 2.05) is 38.1 Å². The summed E-state index contributed by atoms with van der Waals surface area (Å²) in [6.45, 7) is 2.29. The van der Waals surface area contributed by atoms with Gasteiger partial charge in [0, 0.05) is 10.7 Å². The van der Waals surface area contributed by atoms with Crippen LogP contribution in [0, 0.1) is 6.92 Å². The first-order valence-corrected chi connectivity index (χ1v) is 5.07. The summed E-state index contributed by atoms with van der Waals surface area (Å²) in [5, 5.41) is 3.44. The lowest BCUT2D eigenvalue weighted by Gasteiger charge is -2.10. The second kappa shape index (κ2) is 5.14. The molecule has 15 heavy (non-hydrogen) atoms. The van der Waals surface area contributed by atoms with Gasteiger partial charge in [0.1, 0.15) is 0 Å². The molecule has 0 aromatic heterocycles. The number of anilines is 1. The van der Waals surface area contributed by atoms with Crippen LogP contribution in [-0.2, 0) is 4.79 Å². The molecule has 0 spiro atoms. The molecule has 0 aliphatic carbocycles. The van der Waals surface area contributed by atoms with Crippen LogP contribution in [0.1, 0.15) is 5.56 Å². The predicted molar refractivity (Wildman–Crippen MR) is 63.4 cm³/mol. The lowest BCUT2D eigenvalue weighted by Crippen LogP contribution is -2.27. The molecule has 0 atom stereocenters. The van der Waals surface area contributed by atoms with Crippen LogP contribution in [-0.4, -0.2) is 31.4 Å². The molecule has 0 fully saturated rings. The van der Waals surface area contributed by atoms with Crippen LogP contribution in [0.3, 0.4) is 0 Å². The molecule has 1 aromatic carbocycles. The first kappa shape index (κ1) is 12.0. The van der Waals surface area contributed by atoms with E-state index < -0.39 is 0 Å². The lowest BCUT2D eigenvalue weighted by atomic mass is 10.2. The third kappa shape index (κ3) is 3.90. The van der Waals surface area contributed by atoms with Crippen molar-refractivity contribution in [1.29, 1.82) is 0 Å². The van der Waals surface area contributed by atoms with Gasteiger partial charge in [-0.2, -0.15) is 0 Å². The molecule has 3 nitrogen and oxygen atoms in total. The Morgan fingerprint density at radius 1 is 1.47 bits per heavy atom. The highest BCUT2D eigenvalue weighted by Gasteiger charge is 2.04. The van der Waals surface area contributed by atoms with Crippen molar-refractivity contribution in [1.82, 2.24) is 4.90 Å². The Kier molecular flexibility index (Phi) is 4.12. The quantitative estimate of drug-likeness (QED) is 0.857. The minimum Gasteiger partial charge on any atom is -0.325 e. The van der Waals surface area contributed by atoms with Crippen LogP contribution < -0.4 is 5.32 Å². The Labute approximate surface area is 95.0 Å². The van der Waals surface area contributed by atoms with Gasteiger partial charge >= 0.3 is 0 Å². The van der Waals surface area contributed by atoms with Crippen LogP contribution in [0.2, 0.25) is 5.02 Å². The molecule has 1 N–H and O–H groups in total. The molecule has 0 radical (unpaired) electrons. The minimum absolute atomic E-state index is 0.0417. The van der Waals surface area contributed by atoms with E-state index in [0.29, 0.717) is 11.6 Å². The van der Waals surface area contributed by atoms with Crippen molar-refractivity contribution in [3.8, 4) is 0 Å². The second-order valence-corrected chi connectivity index (χ2v) is 4.16. The first-order chi connectivity index (χ1) is 6.99. The van der Waals surface area contributed by atoms with E-state index in [-0.39, 0.29) is 5.91 Å². The SMILES string of the molecule is Cc1ccc(NC(=O)CN(C)C)cc1Cl. The van der Waals surface area contributed by atoms with Gasteiger partial charge in [-0.3, -0.25) is 4.79 Å². The van der Waals surface area contributed by atoms with Crippen molar-refractivity contribution in [3.05, 3.63) is 28.8 Å².